The van der Waals surface area contributed by atoms with Crippen molar-refractivity contribution in [3.63, 3.8) is 0 Å². The van der Waals surface area contributed by atoms with Crippen LogP contribution in [0.15, 0.2) is 64.8 Å². The molecule has 4 nitrogen and oxygen atoms in total. The Morgan fingerprint density at radius 3 is 2.54 bits per heavy atom. The fraction of sp³-hybridized carbons (Fsp3) is 0.211. The van der Waals surface area contributed by atoms with Crippen LogP contribution in [0.2, 0.25) is 0 Å². The van der Waals surface area contributed by atoms with Gasteiger partial charge in [0.2, 0.25) is 5.91 Å². The van der Waals surface area contributed by atoms with E-state index in [2.05, 4.69) is 22.4 Å². The van der Waals surface area contributed by atoms with Crippen LogP contribution in [0.4, 0.5) is 5.69 Å². The van der Waals surface area contributed by atoms with Crippen LogP contribution < -0.4 is 5.32 Å². The SMILES string of the molecule is CCc1ccc(NC(=O)CSC2=NN=C(c3ccccc3)C2)cc1. The monoisotopic (exact) mass is 337 g/mol. The third-order valence-electron chi connectivity index (χ3n) is 3.72. The van der Waals surface area contributed by atoms with Crippen LogP contribution in [0.3, 0.4) is 0 Å². The minimum Gasteiger partial charge on any atom is -0.325 e. The molecule has 1 heterocycles. The highest BCUT2D eigenvalue weighted by molar-refractivity contribution is 8.14. The molecule has 1 amide bonds. The number of nitrogens with one attached hydrogen (secondary N) is 1. The minimum atomic E-state index is -0.0277. The molecule has 1 aliphatic heterocycles. The summed E-state index contributed by atoms with van der Waals surface area (Å²) in [4.78, 5) is 12.1. The Labute approximate surface area is 146 Å². The largest absolute Gasteiger partial charge is 0.325 e. The van der Waals surface area contributed by atoms with E-state index in [4.69, 9.17) is 0 Å². The predicted molar refractivity (Wildman–Crippen MR) is 102 cm³/mol. The van der Waals surface area contributed by atoms with Gasteiger partial charge in [0.05, 0.1) is 11.5 Å². The van der Waals surface area contributed by atoms with E-state index in [1.54, 1.807) is 0 Å². The summed E-state index contributed by atoms with van der Waals surface area (Å²) < 4.78 is 0. The first-order valence-corrected chi connectivity index (χ1v) is 8.93. The summed E-state index contributed by atoms with van der Waals surface area (Å²) in [5.74, 6) is 0.312. The van der Waals surface area contributed by atoms with Crippen molar-refractivity contribution in [2.45, 2.75) is 19.8 Å². The van der Waals surface area contributed by atoms with Crippen molar-refractivity contribution in [3.05, 3.63) is 65.7 Å². The molecule has 0 spiro atoms. The maximum Gasteiger partial charge on any atom is 0.234 e. The Hall–Kier alpha value is -2.40. The van der Waals surface area contributed by atoms with Crippen LogP contribution in [-0.4, -0.2) is 22.4 Å². The third kappa shape index (κ3) is 4.32. The molecule has 0 atom stereocenters. The molecule has 5 heteroatoms. The van der Waals surface area contributed by atoms with Gasteiger partial charge in [-0.25, -0.2) is 0 Å². The van der Waals surface area contributed by atoms with Gasteiger partial charge in [0.1, 0.15) is 5.04 Å². The summed E-state index contributed by atoms with van der Waals surface area (Å²) in [6.45, 7) is 2.11. The number of carbonyl (C=O) groups is 1. The van der Waals surface area contributed by atoms with Gasteiger partial charge in [0, 0.05) is 12.1 Å². The number of anilines is 1. The Kier molecular flexibility index (Phi) is 5.43. The first kappa shape index (κ1) is 16.5. The Morgan fingerprint density at radius 1 is 1.08 bits per heavy atom. The molecule has 24 heavy (non-hydrogen) atoms. The first-order valence-electron chi connectivity index (χ1n) is 7.95. The smallest absolute Gasteiger partial charge is 0.234 e. The molecular weight excluding hydrogens is 318 g/mol. The number of nitrogens with zero attached hydrogens (tertiary/aromatic N) is 2. The van der Waals surface area contributed by atoms with Gasteiger partial charge in [-0.3, -0.25) is 4.79 Å². The van der Waals surface area contributed by atoms with Crippen LogP contribution in [0.25, 0.3) is 0 Å². The molecule has 0 fully saturated rings. The van der Waals surface area contributed by atoms with Gasteiger partial charge in [-0.05, 0) is 29.7 Å². The summed E-state index contributed by atoms with van der Waals surface area (Å²) in [5.41, 5.74) is 4.12. The van der Waals surface area contributed by atoms with Crippen LogP contribution in [0.1, 0.15) is 24.5 Å². The summed E-state index contributed by atoms with van der Waals surface area (Å²) in [7, 11) is 0. The number of carbonyl (C=O) groups excluding carboxylic acids is 1. The lowest BCUT2D eigenvalue weighted by atomic mass is 10.1. The fourth-order valence-corrected chi connectivity index (χ4v) is 3.08. The number of thioether (sulfide) groups is 1. The molecule has 3 rings (SSSR count). The van der Waals surface area contributed by atoms with E-state index in [9.17, 15) is 4.79 Å². The molecule has 1 aliphatic rings. The van der Waals surface area contributed by atoms with Crippen LogP contribution in [-0.2, 0) is 11.2 Å². The lowest BCUT2D eigenvalue weighted by Crippen LogP contribution is -2.15. The van der Waals surface area contributed by atoms with Gasteiger partial charge in [-0.1, -0.05) is 61.2 Å². The average molecular weight is 337 g/mol. The maximum atomic E-state index is 12.1. The molecule has 0 saturated heterocycles. The summed E-state index contributed by atoms with van der Waals surface area (Å²) in [6, 6.07) is 17.9. The van der Waals surface area contributed by atoms with E-state index in [0.717, 1.165) is 28.4 Å². The van der Waals surface area contributed by atoms with Crippen molar-refractivity contribution in [3.8, 4) is 0 Å². The molecule has 2 aromatic rings. The Bertz CT molecular complexity index is 767. The quantitative estimate of drug-likeness (QED) is 0.892. The van der Waals surface area contributed by atoms with Crippen molar-refractivity contribution >= 4 is 34.1 Å². The van der Waals surface area contributed by atoms with E-state index < -0.39 is 0 Å². The van der Waals surface area contributed by atoms with E-state index in [1.807, 2.05) is 54.6 Å². The molecule has 1 N–H and O–H groups in total. The van der Waals surface area contributed by atoms with Crippen molar-refractivity contribution in [1.82, 2.24) is 0 Å². The van der Waals surface area contributed by atoms with Crippen molar-refractivity contribution in [1.29, 1.82) is 0 Å². The zero-order valence-corrected chi connectivity index (χ0v) is 14.3. The van der Waals surface area contributed by atoms with Crippen LogP contribution in [0, 0.1) is 0 Å². The molecule has 0 saturated carbocycles. The molecule has 0 aliphatic carbocycles. The molecule has 0 bridgehead atoms. The third-order valence-corrected chi connectivity index (χ3v) is 4.69. The Morgan fingerprint density at radius 2 is 1.83 bits per heavy atom. The first-order chi connectivity index (χ1) is 11.7. The maximum absolute atomic E-state index is 12.1. The van der Waals surface area contributed by atoms with Gasteiger partial charge < -0.3 is 5.32 Å². The van der Waals surface area contributed by atoms with Gasteiger partial charge in [-0.2, -0.15) is 5.10 Å². The van der Waals surface area contributed by atoms with Crippen LogP contribution in [0.5, 0.6) is 0 Å². The molecule has 0 aromatic heterocycles. The Balaban J connectivity index is 1.46. The lowest BCUT2D eigenvalue weighted by Gasteiger charge is -2.06. The summed E-state index contributed by atoms with van der Waals surface area (Å²) in [6.07, 6.45) is 1.68. The average Bonchev–Trinajstić information content (AvgIpc) is 3.10. The molecular formula is C19H19N3OS. The van der Waals surface area contributed by atoms with Crippen molar-refractivity contribution in [2.75, 3.05) is 11.1 Å². The highest BCUT2D eigenvalue weighted by Crippen LogP contribution is 2.19. The second-order valence-corrected chi connectivity index (χ2v) is 6.52. The summed E-state index contributed by atoms with van der Waals surface area (Å²) >= 11 is 1.44. The molecule has 0 unspecified atom stereocenters. The standard InChI is InChI=1S/C19H19N3OS/c1-2-14-8-10-16(11-9-14)20-18(23)13-24-19-12-17(21-22-19)15-6-4-3-5-7-15/h3-11H,2,12-13H2,1H3,(H,20,23). The van der Waals surface area contributed by atoms with Crippen molar-refractivity contribution < 1.29 is 4.79 Å². The number of amides is 1. The zero-order chi connectivity index (χ0) is 16.8. The second-order valence-electron chi connectivity index (χ2n) is 5.47. The van der Waals surface area contributed by atoms with Crippen molar-refractivity contribution in [2.24, 2.45) is 10.2 Å². The molecule has 0 radical (unpaired) electrons. The van der Waals surface area contributed by atoms with Gasteiger partial charge in [0.25, 0.3) is 0 Å². The number of benzene rings is 2. The predicted octanol–water partition coefficient (Wildman–Crippen LogP) is 4.13. The van der Waals surface area contributed by atoms with E-state index in [-0.39, 0.29) is 5.91 Å². The topological polar surface area (TPSA) is 53.8 Å². The highest BCUT2D eigenvalue weighted by atomic mass is 32.2. The van der Waals surface area contributed by atoms with Crippen LogP contribution >= 0.6 is 11.8 Å². The lowest BCUT2D eigenvalue weighted by molar-refractivity contribution is -0.113. The molecule has 122 valence electrons. The van der Waals surface area contributed by atoms with E-state index in [1.165, 1.54) is 17.3 Å². The molecule has 2 aromatic carbocycles. The number of hydrogen-bond donors (Lipinski definition) is 1. The highest BCUT2D eigenvalue weighted by Gasteiger charge is 2.16. The minimum absolute atomic E-state index is 0.0277. The number of aryl methyl sites for hydroxylation is 1. The fourth-order valence-electron chi connectivity index (χ4n) is 2.37. The van der Waals surface area contributed by atoms with E-state index in [0.29, 0.717) is 12.2 Å². The van der Waals surface area contributed by atoms with E-state index >= 15 is 0 Å². The van der Waals surface area contributed by atoms with Gasteiger partial charge in [0.15, 0.2) is 0 Å². The normalized spacial score (nSPS) is 13.4. The number of hydrogen-bond acceptors (Lipinski definition) is 4. The summed E-state index contributed by atoms with van der Waals surface area (Å²) in [5, 5.41) is 12.2. The van der Waals surface area contributed by atoms with Gasteiger partial charge in [-0.15, -0.1) is 5.10 Å². The van der Waals surface area contributed by atoms with Gasteiger partial charge >= 0.3 is 0 Å². The number of rotatable bonds is 5. The zero-order valence-electron chi connectivity index (χ0n) is 13.5. The second kappa shape index (κ2) is 7.93.